The highest BCUT2D eigenvalue weighted by Gasteiger charge is 2.33. The lowest BCUT2D eigenvalue weighted by Crippen LogP contribution is -2.43. The van der Waals surface area contributed by atoms with Crippen molar-refractivity contribution in [3.05, 3.63) is 69.7 Å². The normalized spacial score (nSPS) is 18.0. The highest BCUT2D eigenvalue weighted by atomic mass is 35.5. The fraction of sp³-hybridized carbons (Fsp3) is 0.519. The van der Waals surface area contributed by atoms with Crippen molar-refractivity contribution >= 4 is 29.1 Å². The van der Waals surface area contributed by atoms with Gasteiger partial charge in [0, 0.05) is 25.1 Å². The lowest BCUT2D eigenvalue weighted by atomic mass is 9.80. The van der Waals surface area contributed by atoms with Crippen LogP contribution in [-0.4, -0.2) is 59.6 Å². The first kappa shape index (κ1) is 26.0. The van der Waals surface area contributed by atoms with E-state index in [-0.39, 0.29) is 11.8 Å². The summed E-state index contributed by atoms with van der Waals surface area (Å²) in [6.45, 7) is 7.56. The molecule has 1 fully saturated rings. The average Bonchev–Trinajstić information content (AvgIpc) is 2.83. The molecule has 2 unspecified atom stereocenters. The van der Waals surface area contributed by atoms with Gasteiger partial charge in [-0.3, -0.25) is 4.79 Å². The van der Waals surface area contributed by atoms with Gasteiger partial charge in [0.05, 0.1) is 15.6 Å². The molecule has 2 aromatic carbocycles. The Morgan fingerprint density at radius 2 is 1.82 bits per heavy atom. The molecule has 33 heavy (non-hydrogen) atoms. The molecule has 0 saturated carbocycles. The van der Waals surface area contributed by atoms with Gasteiger partial charge in [-0.25, -0.2) is 0 Å². The van der Waals surface area contributed by atoms with E-state index in [9.17, 15) is 9.90 Å². The molecular formula is C27H36Cl2N2O2. The minimum absolute atomic E-state index is 0.0169. The van der Waals surface area contributed by atoms with Crippen LogP contribution in [0.15, 0.2) is 48.5 Å². The summed E-state index contributed by atoms with van der Waals surface area (Å²) in [6.07, 6.45) is 3.74. The molecule has 0 spiro atoms. The summed E-state index contributed by atoms with van der Waals surface area (Å²) in [6, 6.07) is 15.2. The lowest BCUT2D eigenvalue weighted by molar-refractivity contribution is -0.0309. The van der Waals surface area contributed by atoms with E-state index in [4.69, 9.17) is 23.2 Å². The van der Waals surface area contributed by atoms with Crippen LogP contribution in [0, 0.1) is 5.92 Å². The molecule has 4 nitrogen and oxygen atoms in total. The predicted molar refractivity (Wildman–Crippen MR) is 137 cm³/mol. The number of benzene rings is 2. The van der Waals surface area contributed by atoms with E-state index in [1.807, 2.05) is 62.5 Å². The Kier molecular flexibility index (Phi) is 9.23. The van der Waals surface area contributed by atoms with Crippen molar-refractivity contribution in [2.45, 2.75) is 51.0 Å². The first-order valence-corrected chi connectivity index (χ1v) is 12.7. The largest absolute Gasteiger partial charge is 0.390 e. The van der Waals surface area contributed by atoms with Crippen molar-refractivity contribution < 1.29 is 9.90 Å². The Morgan fingerprint density at radius 3 is 2.42 bits per heavy atom. The maximum Gasteiger partial charge on any atom is 0.253 e. The Hall–Kier alpha value is -1.59. The van der Waals surface area contributed by atoms with E-state index in [1.165, 1.54) is 0 Å². The molecule has 2 aromatic rings. The Bertz CT molecular complexity index is 912. The first-order valence-electron chi connectivity index (χ1n) is 11.9. The number of halogens is 2. The van der Waals surface area contributed by atoms with Crippen LogP contribution in [0.2, 0.25) is 10.0 Å². The maximum atomic E-state index is 12.9. The van der Waals surface area contributed by atoms with Gasteiger partial charge in [-0.1, -0.05) is 54.4 Å². The fourth-order valence-electron chi connectivity index (χ4n) is 4.75. The van der Waals surface area contributed by atoms with Gasteiger partial charge >= 0.3 is 0 Å². The molecule has 0 aromatic heterocycles. The number of carbonyl (C=O) groups excluding carboxylic acids is 1. The monoisotopic (exact) mass is 490 g/mol. The summed E-state index contributed by atoms with van der Waals surface area (Å²) in [4.78, 5) is 17.2. The molecule has 1 amide bonds. The summed E-state index contributed by atoms with van der Waals surface area (Å²) in [7, 11) is 1.86. The second-order valence-electron chi connectivity index (χ2n) is 9.54. The molecule has 3 rings (SSSR count). The van der Waals surface area contributed by atoms with Gasteiger partial charge in [-0.15, -0.1) is 0 Å². The number of likely N-dealkylation sites (N-methyl/N-ethyl adjacent to an activating group) is 1. The Balaban J connectivity index is 1.66. The van der Waals surface area contributed by atoms with Crippen LogP contribution in [0.1, 0.15) is 61.4 Å². The maximum absolute atomic E-state index is 12.9. The molecule has 180 valence electrons. The molecular weight excluding hydrogens is 455 g/mol. The lowest BCUT2D eigenvalue weighted by Gasteiger charge is -2.39. The number of likely N-dealkylation sites (tertiary alicyclic amines) is 1. The predicted octanol–water partition coefficient (Wildman–Crippen LogP) is 6.11. The van der Waals surface area contributed by atoms with Gasteiger partial charge in [-0.05, 0) is 88.0 Å². The number of amides is 1. The summed E-state index contributed by atoms with van der Waals surface area (Å²) in [5, 5.41) is 11.7. The van der Waals surface area contributed by atoms with Crippen molar-refractivity contribution in [3.8, 4) is 0 Å². The van der Waals surface area contributed by atoms with Crippen molar-refractivity contribution in [2.24, 2.45) is 5.92 Å². The second kappa shape index (κ2) is 11.7. The standard InChI is InChI=1S/C27H36Cl2N2O2/c1-4-27(2,33)23-13-16-31(17-14-23)15-12-22(21-10-11-24(28)25(29)18-21)19-30(3)26(32)20-8-6-5-7-9-20/h5-11,18,22-23,33H,4,12-17,19H2,1-3H3. The van der Waals surface area contributed by atoms with Crippen LogP contribution in [0.3, 0.4) is 0 Å². The third-order valence-corrected chi connectivity index (χ3v) is 7.99. The number of rotatable bonds is 9. The van der Waals surface area contributed by atoms with E-state index in [0.717, 1.165) is 50.9 Å². The van der Waals surface area contributed by atoms with Gasteiger partial charge in [0.15, 0.2) is 0 Å². The first-order chi connectivity index (χ1) is 15.7. The van der Waals surface area contributed by atoms with Crippen LogP contribution in [0.25, 0.3) is 0 Å². The smallest absolute Gasteiger partial charge is 0.253 e. The van der Waals surface area contributed by atoms with Gasteiger partial charge in [0.1, 0.15) is 0 Å². The molecule has 1 N–H and O–H groups in total. The van der Waals surface area contributed by atoms with Gasteiger partial charge in [0.25, 0.3) is 5.91 Å². The summed E-state index contributed by atoms with van der Waals surface area (Å²) < 4.78 is 0. The topological polar surface area (TPSA) is 43.8 Å². The Labute approximate surface area is 208 Å². The molecule has 2 atom stereocenters. The summed E-state index contributed by atoms with van der Waals surface area (Å²) >= 11 is 12.5. The van der Waals surface area contributed by atoms with E-state index in [0.29, 0.717) is 28.1 Å². The summed E-state index contributed by atoms with van der Waals surface area (Å²) in [5.41, 5.74) is 1.22. The van der Waals surface area contributed by atoms with Crippen LogP contribution in [0.4, 0.5) is 0 Å². The number of hydrogen-bond donors (Lipinski definition) is 1. The zero-order chi connectivity index (χ0) is 24.0. The van der Waals surface area contributed by atoms with Gasteiger partial charge < -0.3 is 14.9 Å². The molecule has 1 heterocycles. The number of piperidine rings is 1. The molecule has 1 saturated heterocycles. The highest BCUT2D eigenvalue weighted by Crippen LogP contribution is 2.32. The van der Waals surface area contributed by atoms with E-state index < -0.39 is 5.60 Å². The minimum atomic E-state index is -0.574. The van der Waals surface area contributed by atoms with E-state index in [1.54, 1.807) is 4.90 Å². The second-order valence-corrected chi connectivity index (χ2v) is 10.4. The van der Waals surface area contributed by atoms with Gasteiger partial charge in [-0.2, -0.15) is 0 Å². The number of carbonyl (C=O) groups is 1. The minimum Gasteiger partial charge on any atom is -0.390 e. The quantitative estimate of drug-likeness (QED) is 0.460. The average molecular weight is 492 g/mol. The zero-order valence-corrected chi connectivity index (χ0v) is 21.4. The number of aliphatic hydroxyl groups is 1. The SMILES string of the molecule is CCC(C)(O)C1CCN(CCC(CN(C)C(=O)c2ccccc2)c2ccc(Cl)c(Cl)c2)CC1. The van der Waals surface area contributed by atoms with E-state index >= 15 is 0 Å². The number of hydrogen-bond acceptors (Lipinski definition) is 3. The van der Waals surface area contributed by atoms with Crippen molar-refractivity contribution in [2.75, 3.05) is 33.2 Å². The van der Waals surface area contributed by atoms with Crippen LogP contribution < -0.4 is 0 Å². The molecule has 0 radical (unpaired) electrons. The highest BCUT2D eigenvalue weighted by molar-refractivity contribution is 6.42. The van der Waals surface area contributed by atoms with Crippen LogP contribution in [-0.2, 0) is 0 Å². The van der Waals surface area contributed by atoms with E-state index in [2.05, 4.69) is 11.8 Å². The van der Waals surface area contributed by atoms with Crippen LogP contribution >= 0.6 is 23.2 Å². The fourth-order valence-corrected chi connectivity index (χ4v) is 5.06. The molecule has 0 aliphatic carbocycles. The Morgan fingerprint density at radius 1 is 1.15 bits per heavy atom. The molecule has 1 aliphatic heterocycles. The van der Waals surface area contributed by atoms with Crippen molar-refractivity contribution in [1.82, 2.24) is 9.80 Å². The number of nitrogens with zero attached hydrogens (tertiary/aromatic N) is 2. The molecule has 6 heteroatoms. The summed E-state index contributed by atoms with van der Waals surface area (Å²) in [5.74, 6) is 0.524. The molecule has 1 aliphatic rings. The van der Waals surface area contributed by atoms with Gasteiger partial charge in [0.2, 0.25) is 0 Å². The van der Waals surface area contributed by atoms with Crippen molar-refractivity contribution in [1.29, 1.82) is 0 Å². The molecule has 0 bridgehead atoms. The van der Waals surface area contributed by atoms with Crippen LogP contribution in [0.5, 0.6) is 0 Å². The third kappa shape index (κ3) is 6.95. The van der Waals surface area contributed by atoms with Crippen molar-refractivity contribution in [3.63, 3.8) is 0 Å². The zero-order valence-electron chi connectivity index (χ0n) is 19.9. The third-order valence-electron chi connectivity index (χ3n) is 7.25.